The molecule has 0 amide bonds. The first-order valence-electron chi connectivity index (χ1n) is 9.20. The molecule has 1 fully saturated rings. The smallest absolute Gasteiger partial charge is 0.294 e. The Hall–Kier alpha value is -2.46. The van der Waals surface area contributed by atoms with Crippen LogP contribution in [-0.2, 0) is 15.6 Å². The lowest BCUT2D eigenvalue weighted by Gasteiger charge is -2.25. The summed E-state index contributed by atoms with van der Waals surface area (Å²) in [5.41, 5.74) is 0.292. The summed E-state index contributed by atoms with van der Waals surface area (Å²) in [6.07, 6.45) is 5.93. The van der Waals surface area contributed by atoms with E-state index < -0.39 is 14.9 Å². The number of hydrogen-bond donors (Lipinski definition) is 1. The van der Waals surface area contributed by atoms with E-state index in [0.717, 1.165) is 25.3 Å². The number of aromatic nitrogens is 2. The normalized spacial score (nSPS) is 16.1. The summed E-state index contributed by atoms with van der Waals surface area (Å²) in [5.74, 6) is 0. The van der Waals surface area contributed by atoms with E-state index in [-0.39, 0.29) is 21.8 Å². The molecule has 0 spiro atoms. The van der Waals surface area contributed by atoms with Gasteiger partial charge in [-0.1, -0.05) is 6.42 Å². The highest BCUT2D eigenvalue weighted by Gasteiger charge is 2.28. The molecule has 0 bridgehead atoms. The van der Waals surface area contributed by atoms with Crippen LogP contribution in [0.25, 0.3) is 0 Å². The molecule has 2 heterocycles. The van der Waals surface area contributed by atoms with Crippen LogP contribution in [0.2, 0.25) is 0 Å². The molecule has 152 valence electrons. The number of piperidine rings is 1. The molecule has 1 saturated heterocycles. The van der Waals surface area contributed by atoms with E-state index in [9.17, 15) is 18.5 Å². The van der Waals surface area contributed by atoms with E-state index in [1.807, 2.05) is 20.8 Å². The molecular weight excluding hydrogens is 382 g/mol. The Balaban J connectivity index is 1.91. The topological polar surface area (TPSA) is 110 Å². The molecule has 10 heteroatoms. The zero-order valence-electron chi connectivity index (χ0n) is 16.3. The fourth-order valence-corrected chi connectivity index (χ4v) is 4.63. The van der Waals surface area contributed by atoms with Crippen LogP contribution in [0.3, 0.4) is 0 Å². The van der Waals surface area contributed by atoms with Gasteiger partial charge >= 0.3 is 0 Å². The van der Waals surface area contributed by atoms with Gasteiger partial charge in [-0.25, -0.2) is 8.42 Å². The van der Waals surface area contributed by atoms with Crippen LogP contribution in [0.15, 0.2) is 35.5 Å². The largest absolute Gasteiger partial charge is 0.347 e. The van der Waals surface area contributed by atoms with E-state index in [1.54, 1.807) is 17.1 Å². The van der Waals surface area contributed by atoms with E-state index >= 15 is 0 Å². The predicted molar refractivity (Wildman–Crippen MR) is 106 cm³/mol. The summed E-state index contributed by atoms with van der Waals surface area (Å²) >= 11 is 0. The van der Waals surface area contributed by atoms with Crippen molar-refractivity contribution in [3.8, 4) is 0 Å². The number of benzene rings is 1. The third-order valence-electron chi connectivity index (χ3n) is 4.67. The Morgan fingerprint density at radius 2 is 1.86 bits per heavy atom. The van der Waals surface area contributed by atoms with Crippen LogP contribution in [0.5, 0.6) is 0 Å². The molecule has 0 saturated carbocycles. The van der Waals surface area contributed by atoms with E-state index in [0.29, 0.717) is 18.8 Å². The minimum Gasteiger partial charge on any atom is -0.347 e. The van der Waals surface area contributed by atoms with Crippen LogP contribution < -0.4 is 5.32 Å². The van der Waals surface area contributed by atoms with Gasteiger partial charge in [0.25, 0.3) is 5.69 Å². The summed E-state index contributed by atoms with van der Waals surface area (Å²) in [6, 6.07) is 3.97. The van der Waals surface area contributed by atoms with Gasteiger partial charge in [-0.2, -0.15) is 9.40 Å². The Morgan fingerprint density at radius 1 is 1.18 bits per heavy atom. The summed E-state index contributed by atoms with van der Waals surface area (Å²) in [6.45, 7) is 6.87. The maximum Gasteiger partial charge on any atom is 0.294 e. The second-order valence-corrected chi connectivity index (χ2v) is 9.81. The molecule has 28 heavy (non-hydrogen) atoms. The van der Waals surface area contributed by atoms with Crippen molar-refractivity contribution < 1.29 is 13.3 Å². The van der Waals surface area contributed by atoms with Gasteiger partial charge in [-0.15, -0.1) is 0 Å². The van der Waals surface area contributed by atoms with Crippen molar-refractivity contribution in [1.29, 1.82) is 0 Å². The molecule has 0 aliphatic carbocycles. The zero-order valence-corrected chi connectivity index (χ0v) is 17.1. The molecule has 1 N–H and O–H groups in total. The fourth-order valence-electron chi connectivity index (χ4n) is 3.09. The van der Waals surface area contributed by atoms with Crippen LogP contribution in [0, 0.1) is 10.1 Å². The fraction of sp³-hybridized carbons (Fsp3) is 0.500. The molecule has 2 aromatic rings. The first-order valence-corrected chi connectivity index (χ1v) is 10.6. The van der Waals surface area contributed by atoms with Crippen LogP contribution >= 0.6 is 0 Å². The Bertz CT molecular complexity index is 972. The SMILES string of the molecule is CC(C)(C)n1cc(Nc2ccc(S(=O)(=O)N3CCCCC3)cc2[N+](=O)[O-])cn1. The highest BCUT2D eigenvalue weighted by molar-refractivity contribution is 7.89. The average Bonchev–Trinajstić information content (AvgIpc) is 3.11. The van der Waals surface area contributed by atoms with Crippen LogP contribution in [0.4, 0.5) is 17.1 Å². The molecule has 0 atom stereocenters. The number of nitro benzene ring substituents is 1. The maximum absolute atomic E-state index is 12.8. The maximum atomic E-state index is 12.8. The monoisotopic (exact) mass is 407 g/mol. The molecular formula is C18H25N5O4S. The van der Waals surface area contributed by atoms with Gasteiger partial charge in [0.15, 0.2) is 0 Å². The van der Waals surface area contributed by atoms with Gasteiger partial charge in [-0.05, 0) is 45.7 Å². The van der Waals surface area contributed by atoms with Crippen molar-refractivity contribution in [2.24, 2.45) is 0 Å². The quantitative estimate of drug-likeness (QED) is 0.600. The molecule has 1 aromatic carbocycles. The minimum atomic E-state index is -3.74. The predicted octanol–water partition coefficient (Wildman–Crippen LogP) is 3.46. The van der Waals surface area contributed by atoms with Crippen molar-refractivity contribution in [3.05, 3.63) is 40.7 Å². The van der Waals surface area contributed by atoms with Gasteiger partial charge in [0.05, 0.1) is 27.2 Å². The van der Waals surface area contributed by atoms with Crippen molar-refractivity contribution in [2.45, 2.75) is 50.5 Å². The summed E-state index contributed by atoms with van der Waals surface area (Å²) in [5, 5.41) is 18.8. The second kappa shape index (κ2) is 7.51. The van der Waals surface area contributed by atoms with E-state index in [1.165, 1.54) is 16.4 Å². The number of anilines is 2. The van der Waals surface area contributed by atoms with Gasteiger partial charge in [0.1, 0.15) is 5.69 Å². The Morgan fingerprint density at radius 3 is 2.43 bits per heavy atom. The zero-order chi connectivity index (χ0) is 20.5. The third-order valence-corrected chi connectivity index (χ3v) is 6.56. The van der Waals surface area contributed by atoms with E-state index in [4.69, 9.17) is 0 Å². The van der Waals surface area contributed by atoms with Gasteiger partial charge in [0.2, 0.25) is 10.0 Å². The number of rotatable bonds is 5. The number of nitrogens with one attached hydrogen (secondary N) is 1. The Labute approximate surface area is 164 Å². The lowest BCUT2D eigenvalue weighted by atomic mass is 10.1. The highest BCUT2D eigenvalue weighted by Crippen LogP contribution is 2.32. The minimum absolute atomic E-state index is 0.0583. The van der Waals surface area contributed by atoms with Crippen molar-refractivity contribution in [1.82, 2.24) is 14.1 Å². The van der Waals surface area contributed by atoms with Gasteiger partial charge in [-0.3, -0.25) is 14.8 Å². The summed E-state index contributed by atoms with van der Waals surface area (Å²) in [4.78, 5) is 10.9. The number of sulfonamides is 1. The van der Waals surface area contributed by atoms with Crippen molar-refractivity contribution in [3.63, 3.8) is 0 Å². The summed E-state index contributed by atoms with van der Waals surface area (Å²) in [7, 11) is -3.74. The standard InChI is InChI=1S/C18H25N5O4S/c1-18(2,3)22-13-14(12-19-22)20-16-8-7-15(11-17(16)23(24)25)28(26,27)21-9-5-4-6-10-21/h7-8,11-13,20H,4-6,9-10H2,1-3H3. The molecule has 0 unspecified atom stereocenters. The van der Waals surface area contributed by atoms with Gasteiger partial charge < -0.3 is 5.32 Å². The lowest BCUT2D eigenvalue weighted by Crippen LogP contribution is -2.35. The molecule has 1 aliphatic rings. The molecule has 0 radical (unpaired) electrons. The Kier molecular flexibility index (Phi) is 5.44. The molecule has 1 aliphatic heterocycles. The molecule has 9 nitrogen and oxygen atoms in total. The third kappa shape index (κ3) is 4.17. The first kappa shape index (κ1) is 20.3. The van der Waals surface area contributed by atoms with Crippen molar-refractivity contribution in [2.75, 3.05) is 18.4 Å². The number of nitrogens with zero attached hydrogens (tertiary/aromatic N) is 4. The molecule has 1 aromatic heterocycles. The van der Waals surface area contributed by atoms with Crippen LogP contribution in [0.1, 0.15) is 40.0 Å². The lowest BCUT2D eigenvalue weighted by molar-refractivity contribution is -0.384. The number of nitro groups is 1. The first-order chi connectivity index (χ1) is 13.1. The summed E-state index contributed by atoms with van der Waals surface area (Å²) < 4.78 is 28.8. The highest BCUT2D eigenvalue weighted by atomic mass is 32.2. The van der Waals surface area contributed by atoms with Crippen molar-refractivity contribution >= 4 is 27.1 Å². The van der Waals surface area contributed by atoms with E-state index in [2.05, 4.69) is 10.4 Å². The van der Waals surface area contributed by atoms with Gasteiger partial charge in [0, 0.05) is 25.4 Å². The average molecular weight is 407 g/mol. The second-order valence-electron chi connectivity index (χ2n) is 7.87. The van der Waals surface area contributed by atoms with Crippen LogP contribution in [-0.4, -0.2) is 40.5 Å². The number of hydrogen-bond acceptors (Lipinski definition) is 6. The molecule has 3 rings (SSSR count).